The molecular weight excluding hydrogens is 212 g/mol. The number of amides is 1. The third-order valence-electron chi connectivity index (χ3n) is 2.99. The first kappa shape index (κ1) is 13.7. The van der Waals surface area contributed by atoms with E-state index in [-0.39, 0.29) is 11.8 Å². The van der Waals surface area contributed by atoms with Crippen LogP contribution in [0.2, 0.25) is 0 Å². The molecule has 0 saturated heterocycles. The molecule has 0 saturated carbocycles. The van der Waals surface area contributed by atoms with Crippen molar-refractivity contribution in [2.75, 3.05) is 18.5 Å². The molecule has 0 aliphatic carbocycles. The minimum absolute atomic E-state index is 0.0643. The fraction of sp³-hybridized carbons (Fsp3) is 0.500. The third-order valence-corrected chi connectivity index (χ3v) is 2.99. The van der Waals surface area contributed by atoms with Crippen LogP contribution in [0.5, 0.6) is 0 Å². The van der Waals surface area contributed by atoms with Crippen molar-refractivity contribution >= 4 is 11.6 Å². The first-order valence-electron chi connectivity index (χ1n) is 6.14. The zero-order valence-corrected chi connectivity index (χ0v) is 10.9. The predicted octanol–water partition coefficient (Wildman–Crippen LogP) is 2.33. The largest absolute Gasteiger partial charge is 0.330 e. The lowest BCUT2D eigenvalue weighted by Crippen LogP contribution is -2.36. The zero-order chi connectivity index (χ0) is 12.8. The summed E-state index contributed by atoms with van der Waals surface area (Å²) >= 11 is 0. The Hall–Kier alpha value is -1.35. The average molecular weight is 234 g/mol. The molecule has 0 heterocycles. The maximum absolute atomic E-state index is 12.2. The number of rotatable bonds is 5. The molecule has 1 unspecified atom stereocenters. The SMILES string of the molecule is CCCC(CN)C(=O)N(C)c1cccc(C)c1. The number of aryl methyl sites for hydroxylation is 1. The molecule has 1 atom stereocenters. The van der Waals surface area contributed by atoms with Crippen LogP contribution >= 0.6 is 0 Å². The summed E-state index contributed by atoms with van der Waals surface area (Å²) in [6.07, 6.45) is 1.83. The van der Waals surface area contributed by atoms with Crippen LogP contribution in [0.1, 0.15) is 25.3 Å². The van der Waals surface area contributed by atoms with Gasteiger partial charge in [0.2, 0.25) is 5.91 Å². The molecule has 1 aromatic carbocycles. The summed E-state index contributed by atoms with van der Waals surface area (Å²) in [5.41, 5.74) is 7.75. The van der Waals surface area contributed by atoms with E-state index in [0.29, 0.717) is 6.54 Å². The number of carbonyl (C=O) groups excluding carboxylic acids is 1. The standard InChI is InChI=1S/C14H22N2O/c1-4-6-12(10-15)14(17)16(3)13-8-5-7-11(2)9-13/h5,7-9,12H,4,6,10,15H2,1-3H3. The Balaban J connectivity index is 2.81. The van der Waals surface area contributed by atoms with Crippen molar-refractivity contribution in [2.24, 2.45) is 11.7 Å². The van der Waals surface area contributed by atoms with Gasteiger partial charge in [-0.1, -0.05) is 25.5 Å². The topological polar surface area (TPSA) is 46.3 Å². The van der Waals surface area contributed by atoms with Crippen LogP contribution < -0.4 is 10.6 Å². The van der Waals surface area contributed by atoms with Crippen molar-refractivity contribution in [1.29, 1.82) is 0 Å². The highest BCUT2D eigenvalue weighted by Crippen LogP contribution is 2.18. The van der Waals surface area contributed by atoms with Crippen molar-refractivity contribution in [3.8, 4) is 0 Å². The lowest BCUT2D eigenvalue weighted by Gasteiger charge is -2.23. The average Bonchev–Trinajstić information content (AvgIpc) is 2.34. The van der Waals surface area contributed by atoms with E-state index < -0.39 is 0 Å². The van der Waals surface area contributed by atoms with E-state index in [1.807, 2.05) is 38.2 Å². The molecule has 0 bridgehead atoms. The molecule has 0 aliphatic heterocycles. The summed E-state index contributed by atoms with van der Waals surface area (Å²) in [5, 5.41) is 0. The van der Waals surface area contributed by atoms with Crippen LogP contribution in [0.4, 0.5) is 5.69 Å². The van der Waals surface area contributed by atoms with Gasteiger partial charge < -0.3 is 10.6 Å². The number of carbonyl (C=O) groups is 1. The molecule has 0 spiro atoms. The van der Waals surface area contributed by atoms with Crippen LogP contribution in [0.25, 0.3) is 0 Å². The number of anilines is 1. The van der Waals surface area contributed by atoms with Crippen molar-refractivity contribution in [3.63, 3.8) is 0 Å². The Morgan fingerprint density at radius 3 is 2.71 bits per heavy atom. The lowest BCUT2D eigenvalue weighted by atomic mass is 10.0. The van der Waals surface area contributed by atoms with E-state index in [4.69, 9.17) is 5.73 Å². The van der Waals surface area contributed by atoms with Gasteiger partial charge in [0.25, 0.3) is 0 Å². The van der Waals surface area contributed by atoms with Crippen LogP contribution in [-0.2, 0) is 4.79 Å². The van der Waals surface area contributed by atoms with Crippen molar-refractivity contribution in [3.05, 3.63) is 29.8 Å². The van der Waals surface area contributed by atoms with Crippen LogP contribution in [-0.4, -0.2) is 19.5 Å². The summed E-state index contributed by atoms with van der Waals surface area (Å²) in [7, 11) is 1.81. The monoisotopic (exact) mass is 234 g/mol. The highest BCUT2D eigenvalue weighted by Gasteiger charge is 2.20. The Labute approximate surface area is 104 Å². The minimum Gasteiger partial charge on any atom is -0.330 e. The molecule has 3 nitrogen and oxygen atoms in total. The fourth-order valence-electron chi connectivity index (χ4n) is 1.93. The Bertz CT molecular complexity index is 376. The molecule has 0 fully saturated rings. The van der Waals surface area contributed by atoms with Gasteiger partial charge in [-0.25, -0.2) is 0 Å². The summed E-state index contributed by atoms with van der Waals surface area (Å²) in [4.78, 5) is 13.9. The van der Waals surface area contributed by atoms with E-state index in [9.17, 15) is 4.79 Å². The third kappa shape index (κ3) is 3.56. The minimum atomic E-state index is -0.0643. The maximum atomic E-state index is 12.2. The van der Waals surface area contributed by atoms with Gasteiger partial charge in [0, 0.05) is 19.3 Å². The van der Waals surface area contributed by atoms with Gasteiger partial charge in [-0.05, 0) is 31.0 Å². The fourth-order valence-corrected chi connectivity index (χ4v) is 1.93. The van der Waals surface area contributed by atoms with Gasteiger partial charge in [-0.3, -0.25) is 4.79 Å². The van der Waals surface area contributed by atoms with Gasteiger partial charge in [0.1, 0.15) is 0 Å². The highest BCUT2D eigenvalue weighted by molar-refractivity contribution is 5.94. The summed E-state index contributed by atoms with van der Waals surface area (Å²) in [6, 6.07) is 7.95. The van der Waals surface area contributed by atoms with Gasteiger partial charge >= 0.3 is 0 Å². The summed E-state index contributed by atoms with van der Waals surface area (Å²) in [5.74, 6) is 0.0467. The second-order valence-corrected chi connectivity index (χ2v) is 4.46. The Morgan fingerprint density at radius 1 is 1.47 bits per heavy atom. The first-order valence-corrected chi connectivity index (χ1v) is 6.14. The van der Waals surface area contributed by atoms with Gasteiger partial charge in [0.05, 0.1) is 5.92 Å². The molecule has 0 radical (unpaired) electrons. The molecular formula is C14H22N2O. The quantitative estimate of drug-likeness (QED) is 0.850. The molecule has 2 N–H and O–H groups in total. The number of hydrogen-bond donors (Lipinski definition) is 1. The first-order chi connectivity index (χ1) is 8.10. The molecule has 1 amide bonds. The Kier molecular flexibility index (Phi) is 5.16. The molecule has 1 rings (SSSR count). The molecule has 1 aromatic rings. The van der Waals surface area contributed by atoms with Crippen LogP contribution in [0, 0.1) is 12.8 Å². The van der Waals surface area contributed by atoms with E-state index >= 15 is 0 Å². The van der Waals surface area contributed by atoms with E-state index in [1.54, 1.807) is 4.90 Å². The van der Waals surface area contributed by atoms with Gasteiger partial charge in [-0.15, -0.1) is 0 Å². The van der Waals surface area contributed by atoms with Crippen LogP contribution in [0.15, 0.2) is 24.3 Å². The number of hydrogen-bond acceptors (Lipinski definition) is 2. The summed E-state index contributed by atoms with van der Waals surface area (Å²) in [6.45, 7) is 4.51. The molecule has 0 aliphatic rings. The van der Waals surface area contributed by atoms with Gasteiger partial charge in [-0.2, -0.15) is 0 Å². The second kappa shape index (κ2) is 6.40. The molecule has 3 heteroatoms. The normalized spacial score (nSPS) is 12.2. The van der Waals surface area contributed by atoms with Crippen molar-refractivity contribution in [2.45, 2.75) is 26.7 Å². The van der Waals surface area contributed by atoms with Crippen molar-refractivity contribution < 1.29 is 4.79 Å². The Morgan fingerprint density at radius 2 is 2.18 bits per heavy atom. The molecule has 17 heavy (non-hydrogen) atoms. The predicted molar refractivity (Wildman–Crippen MR) is 72.0 cm³/mol. The summed E-state index contributed by atoms with van der Waals surface area (Å²) < 4.78 is 0. The molecule has 0 aromatic heterocycles. The highest BCUT2D eigenvalue weighted by atomic mass is 16.2. The van der Waals surface area contributed by atoms with Crippen molar-refractivity contribution in [1.82, 2.24) is 0 Å². The van der Waals surface area contributed by atoms with E-state index in [2.05, 4.69) is 6.92 Å². The molecule has 94 valence electrons. The number of nitrogens with zero attached hydrogens (tertiary/aromatic N) is 1. The maximum Gasteiger partial charge on any atom is 0.231 e. The smallest absolute Gasteiger partial charge is 0.231 e. The second-order valence-electron chi connectivity index (χ2n) is 4.46. The van der Waals surface area contributed by atoms with E-state index in [0.717, 1.165) is 24.1 Å². The van der Waals surface area contributed by atoms with Crippen LogP contribution in [0.3, 0.4) is 0 Å². The number of benzene rings is 1. The number of nitrogens with two attached hydrogens (primary N) is 1. The van der Waals surface area contributed by atoms with E-state index in [1.165, 1.54) is 0 Å². The van der Waals surface area contributed by atoms with Gasteiger partial charge in [0.15, 0.2) is 0 Å². The lowest BCUT2D eigenvalue weighted by molar-refractivity contribution is -0.122. The zero-order valence-electron chi connectivity index (χ0n) is 10.9.